The monoisotopic (exact) mass is 484 g/mol. The molecule has 1 aromatic rings. The summed E-state index contributed by atoms with van der Waals surface area (Å²) >= 11 is 0. The van der Waals surface area contributed by atoms with Gasteiger partial charge in [-0.05, 0) is 112 Å². The molecule has 0 amide bonds. The van der Waals surface area contributed by atoms with Gasteiger partial charge in [0, 0.05) is 0 Å². The van der Waals surface area contributed by atoms with E-state index in [2.05, 4.69) is 19.1 Å². The van der Waals surface area contributed by atoms with E-state index in [0.29, 0.717) is 61.8 Å². The Balaban J connectivity index is 1.24. The smallest absolute Gasteiger partial charge is 0.317 e. The highest BCUT2D eigenvalue weighted by Gasteiger charge is 2.45. The third kappa shape index (κ3) is 6.03. The zero-order chi connectivity index (χ0) is 24.3. The van der Waals surface area contributed by atoms with Crippen LogP contribution in [-0.2, 0) is 4.74 Å². The Labute approximate surface area is 200 Å². The van der Waals surface area contributed by atoms with E-state index in [1.54, 1.807) is 0 Å². The standard InChI is InChI=1S/C28H37F5O/c1-2-3-18-4-6-19(7-5-18)20-8-12-23(13-9-20)28(32,33)34-24-14-10-21(11-15-24)22-16-25(29)27(31)26(30)17-22/h4,6,16-21,23-24H,2-3,5,7-15H2,1H3. The highest BCUT2D eigenvalue weighted by molar-refractivity contribution is 5.23. The number of benzene rings is 1. The first-order valence-electron chi connectivity index (χ1n) is 13.1. The van der Waals surface area contributed by atoms with Crippen molar-refractivity contribution in [1.29, 1.82) is 0 Å². The van der Waals surface area contributed by atoms with Crippen molar-refractivity contribution in [3.8, 4) is 0 Å². The summed E-state index contributed by atoms with van der Waals surface area (Å²) in [5.74, 6) is -3.10. The maximum Gasteiger partial charge on any atom is 0.358 e. The fraction of sp³-hybridized carbons (Fsp3) is 0.714. The molecule has 2 unspecified atom stereocenters. The molecule has 3 aliphatic carbocycles. The maximum absolute atomic E-state index is 15.0. The fourth-order valence-electron chi connectivity index (χ4n) is 6.43. The predicted molar refractivity (Wildman–Crippen MR) is 123 cm³/mol. The van der Waals surface area contributed by atoms with E-state index in [1.165, 1.54) is 25.7 Å². The highest BCUT2D eigenvalue weighted by Crippen LogP contribution is 2.46. The zero-order valence-electron chi connectivity index (χ0n) is 20.1. The summed E-state index contributed by atoms with van der Waals surface area (Å²) in [5, 5.41) is 0. The van der Waals surface area contributed by atoms with Crippen molar-refractivity contribution < 1.29 is 26.7 Å². The average molecular weight is 485 g/mol. The molecule has 2 fully saturated rings. The Morgan fingerprint density at radius 3 is 2.03 bits per heavy atom. The van der Waals surface area contributed by atoms with Crippen LogP contribution >= 0.6 is 0 Å². The molecule has 2 saturated carbocycles. The van der Waals surface area contributed by atoms with Gasteiger partial charge in [-0.25, -0.2) is 13.2 Å². The van der Waals surface area contributed by atoms with Crippen LogP contribution in [0.3, 0.4) is 0 Å². The van der Waals surface area contributed by atoms with Gasteiger partial charge in [0.25, 0.3) is 0 Å². The van der Waals surface area contributed by atoms with Crippen molar-refractivity contribution in [2.45, 2.75) is 102 Å². The van der Waals surface area contributed by atoms with E-state index in [0.717, 1.165) is 25.0 Å². The SMILES string of the molecule is CCCC1C=CC(C2CCC(C(F)(F)OC3CCC(c4cc(F)c(F)c(F)c4)CC3)CC2)CC1. The Morgan fingerprint density at radius 1 is 0.824 bits per heavy atom. The third-order valence-corrected chi connectivity index (χ3v) is 8.49. The van der Waals surface area contributed by atoms with E-state index >= 15 is 0 Å². The molecule has 1 aromatic carbocycles. The van der Waals surface area contributed by atoms with Crippen molar-refractivity contribution in [3.05, 3.63) is 47.3 Å². The molecule has 0 bridgehead atoms. The number of hydrogen-bond acceptors (Lipinski definition) is 1. The first-order valence-corrected chi connectivity index (χ1v) is 13.1. The van der Waals surface area contributed by atoms with Gasteiger partial charge in [0.2, 0.25) is 0 Å². The van der Waals surface area contributed by atoms with Crippen LogP contribution < -0.4 is 0 Å². The summed E-state index contributed by atoms with van der Waals surface area (Å²) in [6.07, 6.45) is 10.2. The fourth-order valence-corrected chi connectivity index (χ4v) is 6.43. The second-order valence-corrected chi connectivity index (χ2v) is 10.7. The van der Waals surface area contributed by atoms with Gasteiger partial charge >= 0.3 is 6.11 Å². The van der Waals surface area contributed by atoms with Crippen molar-refractivity contribution in [2.75, 3.05) is 0 Å². The molecule has 0 spiro atoms. The summed E-state index contributed by atoms with van der Waals surface area (Å²) < 4.78 is 75.6. The molecular weight excluding hydrogens is 447 g/mol. The van der Waals surface area contributed by atoms with E-state index in [1.807, 2.05) is 0 Å². The number of allylic oxidation sites excluding steroid dienone is 2. The lowest BCUT2D eigenvalue weighted by molar-refractivity contribution is -0.301. The molecule has 1 nitrogen and oxygen atoms in total. The van der Waals surface area contributed by atoms with Crippen LogP contribution in [0.1, 0.15) is 95.5 Å². The number of rotatable bonds is 7. The van der Waals surface area contributed by atoms with Crippen LogP contribution in [0.5, 0.6) is 0 Å². The van der Waals surface area contributed by atoms with Gasteiger partial charge in [-0.3, -0.25) is 0 Å². The van der Waals surface area contributed by atoms with Gasteiger partial charge in [-0.15, -0.1) is 0 Å². The molecule has 3 aliphatic rings. The number of alkyl halides is 2. The Morgan fingerprint density at radius 2 is 1.47 bits per heavy atom. The largest absolute Gasteiger partial charge is 0.358 e. The van der Waals surface area contributed by atoms with Crippen molar-refractivity contribution >= 4 is 0 Å². The molecule has 6 heteroatoms. The van der Waals surface area contributed by atoms with Crippen molar-refractivity contribution in [3.63, 3.8) is 0 Å². The minimum absolute atomic E-state index is 0.172. The van der Waals surface area contributed by atoms with Crippen LogP contribution in [-0.4, -0.2) is 12.2 Å². The van der Waals surface area contributed by atoms with Gasteiger partial charge in [-0.1, -0.05) is 25.5 Å². The van der Waals surface area contributed by atoms with Crippen LogP contribution in [0, 0.1) is 41.1 Å². The first-order chi connectivity index (χ1) is 16.3. The van der Waals surface area contributed by atoms with Gasteiger partial charge in [0.1, 0.15) is 0 Å². The maximum atomic E-state index is 15.0. The van der Waals surface area contributed by atoms with Gasteiger partial charge in [-0.2, -0.15) is 8.78 Å². The summed E-state index contributed by atoms with van der Waals surface area (Å²) in [6.45, 7) is 2.21. The second-order valence-electron chi connectivity index (χ2n) is 10.7. The normalized spacial score (nSPS) is 32.6. The molecule has 0 radical (unpaired) electrons. The van der Waals surface area contributed by atoms with E-state index in [9.17, 15) is 22.0 Å². The van der Waals surface area contributed by atoms with E-state index in [4.69, 9.17) is 4.74 Å². The summed E-state index contributed by atoms with van der Waals surface area (Å²) in [4.78, 5) is 0. The predicted octanol–water partition coefficient (Wildman–Crippen LogP) is 8.93. The molecular formula is C28H37F5O. The molecule has 0 aromatic heterocycles. The van der Waals surface area contributed by atoms with Crippen LogP contribution in [0.15, 0.2) is 24.3 Å². The lowest BCUT2D eigenvalue weighted by Gasteiger charge is -2.39. The zero-order valence-corrected chi connectivity index (χ0v) is 20.1. The Hall–Kier alpha value is -1.43. The molecule has 0 heterocycles. The van der Waals surface area contributed by atoms with Crippen LogP contribution in [0.25, 0.3) is 0 Å². The highest BCUT2D eigenvalue weighted by atomic mass is 19.3. The van der Waals surface area contributed by atoms with Gasteiger partial charge < -0.3 is 4.74 Å². The number of halogens is 5. The molecule has 190 valence electrons. The Bertz CT molecular complexity index is 814. The van der Waals surface area contributed by atoms with Gasteiger partial charge in [0.15, 0.2) is 17.5 Å². The minimum Gasteiger partial charge on any atom is -0.317 e. The number of hydrogen-bond donors (Lipinski definition) is 0. The molecule has 0 N–H and O–H groups in total. The van der Waals surface area contributed by atoms with Crippen LogP contribution in [0.2, 0.25) is 0 Å². The minimum atomic E-state index is -3.15. The number of ether oxygens (including phenoxy) is 1. The quantitative estimate of drug-likeness (QED) is 0.213. The molecule has 0 aliphatic heterocycles. The molecule has 0 saturated heterocycles. The summed E-state index contributed by atoms with van der Waals surface area (Å²) in [5.41, 5.74) is 0.387. The lowest BCUT2D eigenvalue weighted by atomic mass is 9.71. The molecule has 4 rings (SSSR count). The topological polar surface area (TPSA) is 9.23 Å². The van der Waals surface area contributed by atoms with Crippen molar-refractivity contribution in [2.24, 2.45) is 23.7 Å². The first kappa shape index (κ1) is 25.7. The van der Waals surface area contributed by atoms with E-state index in [-0.39, 0.29) is 5.92 Å². The molecule has 34 heavy (non-hydrogen) atoms. The third-order valence-electron chi connectivity index (χ3n) is 8.49. The summed E-state index contributed by atoms with van der Waals surface area (Å²) in [7, 11) is 0. The lowest BCUT2D eigenvalue weighted by Crippen LogP contribution is -2.39. The van der Waals surface area contributed by atoms with Crippen LogP contribution in [0.4, 0.5) is 22.0 Å². The Kier molecular flexibility index (Phi) is 8.37. The van der Waals surface area contributed by atoms with Gasteiger partial charge in [0.05, 0.1) is 12.0 Å². The average Bonchev–Trinajstić information content (AvgIpc) is 2.83. The molecule has 2 atom stereocenters. The van der Waals surface area contributed by atoms with Crippen molar-refractivity contribution in [1.82, 2.24) is 0 Å². The summed E-state index contributed by atoms with van der Waals surface area (Å²) in [6, 6.07) is 2.03. The van der Waals surface area contributed by atoms with E-state index < -0.39 is 35.6 Å². The second kappa shape index (κ2) is 11.1.